The largest absolute Gasteiger partial charge is 0.390 e. The molecule has 5 nitrogen and oxygen atoms in total. The van der Waals surface area contributed by atoms with Gasteiger partial charge in [-0.15, -0.1) is 0 Å². The number of nitrogens with zero attached hydrogens (tertiary/aromatic N) is 1. The first-order valence-electron chi connectivity index (χ1n) is 5.60. The number of primary amides is 1. The van der Waals surface area contributed by atoms with Crippen LogP contribution in [0.5, 0.6) is 0 Å². The summed E-state index contributed by atoms with van der Waals surface area (Å²) in [6, 6.07) is 0.221. The molecule has 2 rings (SSSR count). The predicted octanol–water partition coefficient (Wildman–Crippen LogP) is -1.48. The number of piperidine rings is 1. The number of nitrogens with two attached hydrogens (primary N) is 1. The molecule has 2 aliphatic heterocycles. The Bertz CT molecular complexity index is 239. The van der Waals surface area contributed by atoms with Crippen molar-refractivity contribution in [1.82, 2.24) is 10.2 Å². The van der Waals surface area contributed by atoms with Crippen molar-refractivity contribution < 1.29 is 9.90 Å². The van der Waals surface area contributed by atoms with Gasteiger partial charge in [-0.3, -0.25) is 9.69 Å². The van der Waals surface area contributed by atoms with Crippen LogP contribution in [0.3, 0.4) is 0 Å². The fraction of sp³-hybridized carbons (Fsp3) is 0.900. The van der Waals surface area contributed by atoms with Gasteiger partial charge in [0.2, 0.25) is 5.91 Å². The van der Waals surface area contributed by atoms with Crippen molar-refractivity contribution in [2.75, 3.05) is 26.2 Å². The van der Waals surface area contributed by atoms with Crippen LogP contribution < -0.4 is 11.1 Å². The fourth-order valence-electron chi connectivity index (χ4n) is 2.54. The van der Waals surface area contributed by atoms with Crippen molar-refractivity contribution in [3.05, 3.63) is 0 Å². The molecule has 0 aromatic heterocycles. The maximum atomic E-state index is 11.0. The summed E-state index contributed by atoms with van der Waals surface area (Å²) in [5.74, 6) is -0.146. The number of rotatable bonds is 2. The van der Waals surface area contributed by atoms with Crippen LogP contribution in [-0.4, -0.2) is 54.2 Å². The van der Waals surface area contributed by atoms with Crippen molar-refractivity contribution in [2.24, 2.45) is 11.7 Å². The summed E-state index contributed by atoms with van der Waals surface area (Å²) in [6.07, 6.45) is 1.40. The van der Waals surface area contributed by atoms with Gasteiger partial charge in [0.25, 0.3) is 0 Å². The molecular weight excluding hydrogens is 194 g/mol. The second kappa shape index (κ2) is 4.47. The van der Waals surface area contributed by atoms with Crippen molar-refractivity contribution in [1.29, 1.82) is 0 Å². The number of aliphatic hydroxyl groups excluding tert-OH is 1. The van der Waals surface area contributed by atoms with E-state index in [2.05, 4.69) is 10.2 Å². The van der Waals surface area contributed by atoms with Gasteiger partial charge in [-0.2, -0.15) is 0 Å². The van der Waals surface area contributed by atoms with E-state index in [1.807, 2.05) is 0 Å². The van der Waals surface area contributed by atoms with E-state index in [0.29, 0.717) is 6.54 Å². The van der Waals surface area contributed by atoms with Gasteiger partial charge in [0.15, 0.2) is 0 Å². The minimum absolute atomic E-state index is 0.0350. The number of carbonyl (C=O) groups is 1. The smallest absolute Gasteiger partial charge is 0.220 e. The molecule has 0 aromatic rings. The average molecular weight is 213 g/mol. The molecule has 4 N–H and O–H groups in total. The van der Waals surface area contributed by atoms with E-state index >= 15 is 0 Å². The number of nitrogens with one attached hydrogen (secondary N) is 1. The first-order valence-corrected chi connectivity index (χ1v) is 5.60. The maximum absolute atomic E-state index is 11.0. The van der Waals surface area contributed by atoms with Crippen molar-refractivity contribution in [3.63, 3.8) is 0 Å². The summed E-state index contributed by atoms with van der Waals surface area (Å²) < 4.78 is 0. The topological polar surface area (TPSA) is 78.6 Å². The van der Waals surface area contributed by atoms with E-state index in [1.165, 1.54) is 0 Å². The molecule has 1 amide bonds. The summed E-state index contributed by atoms with van der Waals surface area (Å²) in [5, 5.41) is 12.9. The lowest BCUT2D eigenvalue weighted by atomic mass is 9.95. The lowest BCUT2D eigenvalue weighted by molar-refractivity contribution is -0.123. The van der Waals surface area contributed by atoms with Crippen molar-refractivity contribution >= 4 is 5.91 Å². The van der Waals surface area contributed by atoms with Gasteiger partial charge in [-0.05, 0) is 25.9 Å². The molecule has 2 saturated heterocycles. The Hall–Kier alpha value is -0.650. The molecule has 0 spiro atoms. The zero-order valence-corrected chi connectivity index (χ0v) is 8.85. The van der Waals surface area contributed by atoms with Crippen LogP contribution in [0.25, 0.3) is 0 Å². The Labute approximate surface area is 89.6 Å². The molecule has 15 heavy (non-hydrogen) atoms. The monoisotopic (exact) mass is 213 g/mol. The van der Waals surface area contributed by atoms with Crippen molar-refractivity contribution in [3.8, 4) is 0 Å². The number of β-amino-alcohol motifs (C(OH)–C–C–N with tert-alkyl or cyclic N) is 1. The van der Waals surface area contributed by atoms with Crippen LogP contribution in [0.2, 0.25) is 0 Å². The lowest BCUT2D eigenvalue weighted by Gasteiger charge is -2.35. The van der Waals surface area contributed by atoms with Gasteiger partial charge in [-0.25, -0.2) is 0 Å². The number of aliphatic hydroxyl groups is 1. The summed E-state index contributed by atoms with van der Waals surface area (Å²) in [6.45, 7) is 3.27. The third-order valence-corrected chi connectivity index (χ3v) is 3.55. The quantitative estimate of drug-likeness (QED) is 0.522. The Balaban J connectivity index is 1.85. The summed E-state index contributed by atoms with van der Waals surface area (Å²) >= 11 is 0. The molecule has 0 aromatic carbocycles. The highest BCUT2D eigenvalue weighted by Crippen LogP contribution is 2.20. The number of likely N-dealkylation sites (tertiary alicyclic amines) is 1. The van der Waals surface area contributed by atoms with Crippen molar-refractivity contribution in [2.45, 2.75) is 25.0 Å². The first-order chi connectivity index (χ1) is 7.18. The zero-order valence-electron chi connectivity index (χ0n) is 8.85. The maximum Gasteiger partial charge on any atom is 0.220 e. The van der Waals surface area contributed by atoms with Crippen LogP contribution in [-0.2, 0) is 4.79 Å². The third kappa shape index (κ3) is 2.30. The Morgan fingerprint density at radius 2 is 2.00 bits per heavy atom. The standard InChI is InChI=1S/C10H19N3O2/c11-10(15)7-1-3-13(4-2-7)8-5-12-6-9(8)14/h7-9,12,14H,1-6H2,(H2,11,15)/t8-,9-/m1/s1. The molecule has 2 heterocycles. The predicted molar refractivity (Wildman–Crippen MR) is 56.2 cm³/mol. The van der Waals surface area contributed by atoms with Gasteiger partial charge in [0.05, 0.1) is 6.10 Å². The Morgan fingerprint density at radius 3 is 2.47 bits per heavy atom. The van der Waals surface area contributed by atoms with E-state index in [9.17, 15) is 9.90 Å². The van der Waals surface area contributed by atoms with Gasteiger partial charge in [-0.1, -0.05) is 0 Å². The molecule has 0 unspecified atom stereocenters. The second-order valence-electron chi connectivity index (χ2n) is 4.51. The summed E-state index contributed by atoms with van der Waals surface area (Å²) in [5.41, 5.74) is 5.27. The molecule has 0 aliphatic carbocycles. The molecule has 2 atom stereocenters. The molecule has 0 radical (unpaired) electrons. The molecule has 86 valence electrons. The van der Waals surface area contributed by atoms with E-state index in [4.69, 9.17) is 5.73 Å². The fourth-order valence-corrected chi connectivity index (χ4v) is 2.54. The molecule has 2 fully saturated rings. The molecule has 2 aliphatic rings. The molecule has 5 heteroatoms. The van der Waals surface area contributed by atoms with Gasteiger partial charge in [0, 0.05) is 25.0 Å². The number of hydrogen-bond donors (Lipinski definition) is 3. The zero-order chi connectivity index (χ0) is 10.8. The number of amides is 1. The van der Waals surface area contributed by atoms with Gasteiger partial charge in [0.1, 0.15) is 0 Å². The Kier molecular flexibility index (Phi) is 3.23. The lowest BCUT2D eigenvalue weighted by Crippen LogP contribution is -2.48. The van der Waals surface area contributed by atoms with Gasteiger partial charge < -0.3 is 16.2 Å². The highest BCUT2D eigenvalue weighted by molar-refractivity contribution is 5.76. The minimum Gasteiger partial charge on any atom is -0.390 e. The van der Waals surface area contributed by atoms with Crippen LogP contribution >= 0.6 is 0 Å². The molecular formula is C10H19N3O2. The Morgan fingerprint density at radius 1 is 1.33 bits per heavy atom. The average Bonchev–Trinajstić information content (AvgIpc) is 2.65. The minimum atomic E-state index is -0.268. The van der Waals surface area contributed by atoms with E-state index in [0.717, 1.165) is 32.5 Å². The van der Waals surface area contributed by atoms with Crippen LogP contribution in [0.15, 0.2) is 0 Å². The van der Waals surface area contributed by atoms with Crippen LogP contribution in [0.4, 0.5) is 0 Å². The third-order valence-electron chi connectivity index (χ3n) is 3.55. The van der Waals surface area contributed by atoms with E-state index in [-0.39, 0.29) is 24.0 Å². The van der Waals surface area contributed by atoms with E-state index in [1.54, 1.807) is 0 Å². The first kappa shape index (κ1) is 10.9. The number of hydrogen-bond acceptors (Lipinski definition) is 4. The summed E-state index contributed by atoms with van der Waals surface area (Å²) in [7, 11) is 0. The van der Waals surface area contributed by atoms with Gasteiger partial charge >= 0.3 is 0 Å². The highest BCUT2D eigenvalue weighted by atomic mass is 16.3. The highest BCUT2D eigenvalue weighted by Gasteiger charge is 2.33. The van der Waals surface area contributed by atoms with E-state index < -0.39 is 0 Å². The number of carbonyl (C=O) groups excluding carboxylic acids is 1. The second-order valence-corrected chi connectivity index (χ2v) is 4.51. The normalized spacial score (nSPS) is 34.5. The molecule has 0 bridgehead atoms. The summed E-state index contributed by atoms with van der Waals surface area (Å²) in [4.78, 5) is 13.3. The van der Waals surface area contributed by atoms with Crippen LogP contribution in [0.1, 0.15) is 12.8 Å². The molecule has 0 saturated carbocycles. The SMILES string of the molecule is NC(=O)C1CCN([C@@H]2CNC[C@H]2O)CC1. The van der Waals surface area contributed by atoms with Crippen LogP contribution in [0, 0.1) is 5.92 Å².